The maximum absolute atomic E-state index is 3.64. The molecule has 1 aromatic carbocycles. The van der Waals surface area contributed by atoms with E-state index in [0.29, 0.717) is 0 Å². The molecular weight excluding hydrogens is 218 g/mol. The van der Waals surface area contributed by atoms with Gasteiger partial charge in [0.15, 0.2) is 0 Å². The van der Waals surface area contributed by atoms with Gasteiger partial charge in [-0.3, -0.25) is 0 Å². The molecule has 1 nitrogen and oxygen atoms in total. The largest absolute Gasteiger partial charge is 0.378 e. The molecule has 0 atom stereocenters. The van der Waals surface area contributed by atoms with Gasteiger partial charge in [0.2, 0.25) is 0 Å². The van der Waals surface area contributed by atoms with Crippen molar-refractivity contribution in [1.82, 2.24) is 0 Å². The van der Waals surface area contributed by atoms with Crippen LogP contribution in [0.2, 0.25) is 0 Å². The van der Waals surface area contributed by atoms with Crippen LogP contribution in [0, 0.1) is 0 Å². The molecule has 0 aromatic heterocycles. The topological polar surface area (TPSA) is 3.24 Å². The van der Waals surface area contributed by atoms with E-state index in [2.05, 4.69) is 60.9 Å². The Balaban J connectivity index is 2.69. The average molecular weight is 239 g/mol. The summed E-state index contributed by atoms with van der Waals surface area (Å²) in [6.45, 7) is 5.72. The molecule has 1 heteroatoms. The molecule has 0 N–H and O–H groups in total. The SMILES string of the molecule is C=C\C=C/C=C(C)/C=C/c1ccc(N(C)C)cc1. The lowest BCUT2D eigenvalue weighted by Gasteiger charge is -2.11. The number of hydrogen-bond acceptors (Lipinski definition) is 1. The zero-order chi connectivity index (χ0) is 13.4. The second kappa shape index (κ2) is 7.33. The molecule has 0 aliphatic heterocycles. The first kappa shape index (κ1) is 14.0. The van der Waals surface area contributed by atoms with Crippen molar-refractivity contribution >= 4 is 11.8 Å². The molecule has 0 bridgehead atoms. The van der Waals surface area contributed by atoms with Gasteiger partial charge < -0.3 is 4.90 Å². The number of hydrogen-bond donors (Lipinski definition) is 0. The first-order chi connectivity index (χ1) is 8.63. The van der Waals surface area contributed by atoms with Crippen molar-refractivity contribution in [1.29, 1.82) is 0 Å². The Bertz CT molecular complexity index is 459. The van der Waals surface area contributed by atoms with Crippen LogP contribution >= 0.6 is 0 Å². The number of nitrogens with zero attached hydrogens (tertiary/aromatic N) is 1. The molecule has 1 rings (SSSR count). The summed E-state index contributed by atoms with van der Waals surface area (Å²) in [6, 6.07) is 8.49. The van der Waals surface area contributed by atoms with Gasteiger partial charge >= 0.3 is 0 Å². The summed E-state index contributed by atoms with van der Waals surface area (Å²) < 4.78 is 0. The van der Waals surface area contributed by atoms with Gasteiger partial charge in [0.1, 0.15) is 0 Å². The van der Waals surface area contributed by atoms with Gasteiger partial charge in [0, 0.05) is 19.8 Å². The molecule has 0 saturated heterocycles. The molecule has 1 aromatic rings. The summed E-state index contributed by atoms with van der Waals surface area (Å²) in [5, 5.41) is 0. The molecule has 0 fully saturated rings. The van der Waals surface area contributed by atoms with E-state index in [-0.39, 0.29) is 0 Å². The van der Waals surface area contributed by atoms with E-state index >= 15 is 0 Å². The van der Waals surface area contributed by atoms with E-state index < -0.39 is 0 Å². The predicted octanol–water partition coefficient (Wildman–Crippen LogP) is 4.45. The zero-order valence-corrected chi connectivity index (χ0v) is 11.4. The van der Waals surface area contributed by atoms with Crippen LogP contribution in [0.15, 0.2) is 66.8 Å². The summed E-state index contributed by atoms with van der Waals surface area (Å²) in [6.07, 6.45) is 12.0. The highest BCUT2D eigenvalue weighted by Crippen LogP contribution is 2.13. The third-order valence-corrected chi connectivity index (χ3v) is 2.55. The van der Waals surface area contributed by atoms with Crippen LogP contribution in [-0.2, 0) is 0 Å². The van der Waals surface area contributed by atoms with Crippen molar-refractivity contribution in [2.24, 2.45) is 0 Å². The second-order valence-corrected chi connectivity index (χ2v) is 4.35. The Morgan fingerprint density at radius 2 is 1.78 bits per heavy atom. The molecule has 18 heavy (non-hydrogen) atoms. The molecule has 0 aliphatic carbocycles. The van der Waals surface area contributed by atoms with Gasteiger partial charge in [-0.2, -0.15) is 0 Å². The monoisotopic (exact) mass is 239 g/mol. The van der Waals surface area contributed by atoms with Gasteiger partial charge in [-0.05, 0) is 24.6 Å². The summed E-state index contributed by atoms with van der Waals surface area (Å²) in [5.41, 5.74) is 3.64. The van der Waals surface area contributed by atoms with Crippen LogP contribution in [0.25, 0.3) is 6.08 Å². The maximum atomic E-state index is 3.64. The molecule has 0 saturated carbocycles. The smallest absolute Gasteiger partial charge is 0.0361 e. The minimum atomic E-state index is 1.21. The second-order valence-electron chi connectivity index (χ2n) is 4.35. The molecule has 94 valence electrons. The van der Waals surface area contributed by atoms with Crippen LogP contribution in [0.5, 0.6) is 0 Å². The van der Waals surface area contributed by atoms with E-state index in [1.807, 2.05) is 26.2 Å². The molecular formula is C17H21N. The molecule has 0 spiro atoms. The van der Waals surface area contributed by atoms with E-state index in [9.17, 15) is 0 Å². The van der Waals surface area contributed by atoms with Crippen molar-refractivity contribution in [2.75, 3.05) is 19.0 Å². The molecule has 0 heterocycles. The Labute approximate surface area is 110 Å². The van der Waals surface area contributed by atoms with Crippen LogP contribution in [-0.4, -0.2) is 14.1 Å². The fourth-order valence-corrected chi connectivity index (χ4v) is 1.45. The minimum absolute atomic E-state index is 1.21. The van der Waals surface area contributed by atoms with E-state index in [4.69, 9.17) is 0 Å². The standard InChI is InChI=1S/C17H21N/c1-5-6-7-8-15(2)9-10-16-11-13-17(14-12-16)18(3)4/h5-14H,1H2,2-4H3/b7-6-,10-9+,15-8+. The predicted molar refractivity (Wildman–Crippen MR) is 82.9 cm³/mol. The maximum Gasteiger partial charge on any atom is 0.0361 e. The fourth-order valence-electron chi connectivity index (χ4n) is 1.45. The zero-order valence-electron chi connectivity index (χ0n) is 11.4. The Hall–Kier alpha value is -2.02. The summed E-state index contributed by atoms with van der Waals surface area (Å²) >= 11 is 0. The molecule has 0 amide bonds. The van der Waals surface area contributed by atoms with Gasteiger partial charge in [0.25, 0.3) is 0 Å². The van der Waals surface area contributed by atoms with Gasteiger partial charge in [-0.1, -0.05) is 60.7 Å². The summed E-state index contributed by atoms with van der Waals surface area (Å²) in [7, 11) is 4.09. The quantitative estimate of drug-likeness (QED) is 0.686. The van der Waals surface area contributed by atoms with E-state index in [1.165, 1.54) is 16.8 Å². The summed E-state index contributed by atoms with van der Waals surface area (Å²) in [4.78, 5) is 2.10. The third kappa shape index (κ3) is 4.88. The molecule has 0 radical (unpaired) electrons. The minimum Gasteiger partial charge on any atom is -0.378 e. The van der Waals surface area contributed by atoms with E-state index in [0.717, 1.165) is 0 Å². The third-order valence-electron chi connectivity index (χ3n) is 2.55. The average Bonchev–Trinajstić information content (AvgIpc) is 2.37. The van der Waals surface area contributed by atoms with Crippen LogP contribution in [0.4, 0.5) is 5.69 Å². The van der Waals surface area contributed by atoms with Crippen molar-refractivity contribution in [3.8, 4) is 0 Å². The first-order valence-corrected chi connectivity index (χ1v) is 6.05. The van der Waals surface area contributed by atoms with Crippen LogP contribution in [0.1, 0.15) is 12.5 Å². The highest BCUT2D eigenvalue weighted by molar-refractivity contribution is 5.57. The van der Waals surface area contributed by atoms with Crippen molar-refractivity contribution in [3.05, 3.63) is 72.4 Å². The number of rotatable bonds is 5. The lowest BCUT2D eigenvalue weighted by atomic mass is 10.1. The number of anilines is 1. The number of allylic oxidation sites excluding steroid dienone is 6. The highest BCUT2D eigenvalue weighted by atomic mass is 15.1. The lowest BCUT2D eigenvalue weighted by molar-refractivity contribution is 1.13. The fraction of sp³-hybridized carbons (Fsp3) is 0.176. The van der Waals surface area contributed by atoms with Gasteiger partial charge in [0.05, 0.1) is 0 Å². The van der Waals surface area contributed by atoms with E-state index in [1.54, 1.807) is 6.08 Å². The van der Waals surface area contributed by atoms with Gasteiger partial charge in [-0.25, -0.2) is 0 Å². The van der Waals surface area contributed by atoms with Crippen molar-refractivity contribution in [3.63, 3.8) is 0 Å². The van der Waals surface area contributed by atoms with Crippen molar-refractivity contribution in [2.45, 2.75) is 6.92 Å². The van der Waals surface area contributed by atoms with Crippen molar-refractivity contribution < 1.29 is 0 Å². The highest BCUT2D eigenvalue weighted by Gasteiger charge is 1.93. The Morgan fingerprint density at radius 3 is 2.33 bits per heavy atom. The number of benzene rings is 1. The molecule has 0 aliphatic rings. The molecule has 0 unspecified atom stereocenters. The lowest BCUT2D eigenvalue weighted by Crippen LogP contribution is -2.07. The summed E-state index contributed by atoms with van der Waals surface area (Å²) in [5.74, 6) is 0. The van der Waals surface area contributed by atoms with Crippen LogP contribution < -0.4 is 4.90 Å². The van der Waals surface area contributed by atoms with Crippen LogP contribution in [0.3, 0.4) is 0 Å². The Kier molecular flexibility index (Phi) is 5.72. The van der Waals surface area contributed by atoms with Gasteiger partial charge in [-0.15, -0.1) is 0 Å². The normalized spacial score (nSPS) is 12.3. The Morgan fingerprint density at radius 1 is 1.11 bits per heavy atom. The first-order valence-electron chi connectivity index (χ1n) is 6.05.